The first-order valence-electron chi connectivity index (χ1n) is 8.53. The molecule has 0 aliphatic carbocycles. The number of carbonyl (C=O) groups excluding carboxylic acids is 2. The summed E-state index contributed by atoms with van der Waals surface area (Å²) in [5, 5.41) is 21.8. The van der Waals surface area contributed by atoms with Crippen LogP contribution in [-0.2, 0) is 0 Å². The summed E-state index contributed by atoms with van der Waals surface area (Å²) in [5.74, 6) is -1.16. The number of nitriles is 1. The van der Waals surface area contributed by atoms with Gasteiger partial charge in [0, 0.05) is 24.2 Å². The van der Waals surface area contributed by atoms with E-state index in [1.165, 1.54) is 17.0 Å². The number of aryl methyl sites for hydroxylation is 1. The number of aromatic amines is 1. The molecule has 29 heavy (non-hydrogen) atoms. The second-order valence-electron chi connectivity index (χ2n) is 6.40. The molecule has 0 spiro atoms. The van der Waals surface area contributed by atoms with E-state index in [1.54, 1.807) is 19.1 Å². The van der Waals surface area contributed by atoms with Crippen molar-refractivity contribution in [2.75, 3.05) is 23.3 Å². The summed E-state index contributed by atoms with van der Waals surface area (Å²) >= 11 is 0. The smallest absolute Gasteiger partial charge is 0.321 e. The second-order valence-corrected chi connectivity index (χ2v) is 6.40. The van der Waals surface area contributed by atoms with Crippen LogP contribution in [0.5, 0.6) is 0 Å². The molecule has 1 aliphatic heterocycles. The van der Waals surface area contributed by atoms with Gasteiger partial charge in [-0.2, -0.15) is 10.4 Å². The Morgan fingerprint density at radius 3 is 2.83 bits per heavy atom. The first-order chi connectivity index (χ1) is 13.5. The van der Waals surface area contributed by atoms with Crippen LogP contribution < -0.4 is 15.5 Å². The number of aromatic nitrogens is 2. The summed E-state index contributed by atoms with van der Waals surface area (Å²) in [5.41, 5.74) is 2.05. The van der Waals surface area contributed by atoms with Crippen molar-refractivity contribution >= 4 is 46.8 Å². The van der Waals surface area contributed by atoms with E-state index in [4.69, 9.17) is 5.26 Å². The fourth-order valence-electron chi connectivity index (χ4n) is 3.14. The summed E-state index contributed by atoms with van der Waals surface area (Å²) in [6.07, 6.45) is 0. The first kappa shape index (κ1) is 20.1. The number of urea groups is 1. The van der Waals surface area contributed by atoms with Crippen LogP contribution in [0.2, 0.25) is 0 Å². The normalized spacial score (nSPS) is 13.0. The molecule has 0 bridgehead atoms. The average Bonchev–Trinajstić information content (AvgIpc) is 3.27. The Kier molecular flexibility index (Phi) is 5.39. The number of benzene rings is 2. The molecule has 0 radical (unpaired) electrons. The van der Waals surface area contributed by atoms with E-state index in [9.17, 15) is 14.0 Å². The molecule has 1 fully saturated rings. The fraction of sp³-hybridized carbons (Fsp3) is 0.158. The lowest BCUT2D eigenvalue weighted by atomic mass is 10.1. The van der Waals surface area contributed by atoms with Gasteiger partial charge in [0.2, 0.25) is 0 Å². The number of amides is 3. The van der Waals surface area contributed by atoms with Crippen LogP contribution in [0, 0.1) is 24.1 Å². The van der Waals surface area contributed by atoms with Crippen molar-refractivity contribution in [2.45, 2.75) is 6.92 Å². The van der Waals surface area contributed by atoms with Crippen LogP contribution in [-0.4, -0.2) is 35.2 Å². The zero-order chi connectivity index (χ0) is 19.8. The Morgan fingerprint density at radius 1 is 1.34 bits per heavy atom. The highest BCUT2D eigenvalue weighted by Gasteiger charge is 2.23. The van der Waals surface area contributed by atoms with Crippen LogP contribution in [0.4, 0.5) is 20.7 Å². The summed E-state index contributed by atoms with van der Waals surface area (Å²) in [7, 11) is 0. The number of H-pyrrole nitrogens is 1. The molecule has 148 valence electrons. The van der Waals surface area contributed by atoms with Gasteiger partial charge in [0.25, 0.3) is 5.91 Å². The van der Waals surface area contributed by atoms with Crippen LogP contribution in [0.25, 0.3) is 10.9 Å². The van der Waals surface area contributed by atoms with Gasteiger partial charge in [-0.1, -0.05) is 0 Å². The number of nitrogens with one attached hydrogen (secondary N) is 3. The van der Waals surface area contributed by atoms with Gasteiger partial charge < -0.3 is 10.6 Å². The number of halogens is 2. The van der Waals surface area contributed by atoms with E-state index in [1.807, 2.05) is 0 Å². The fourth-order valence-corrected chi connectivity index (χ4v) is 3.14. The SMILES string of the molecule is Cc1cc2c(NC(=O)c3cc(N4CCNC4=O)ccc3F)n[nH]c2cc1C#N.Cl. The summed E-state index contributed by atoms with van der Waals surface area (Å²) in [4.78, 5) is 25.9. The third-order valence-corrected chi connectivity index (χ3v) is 4.62. The molecule has 1 aromatic heterocycles. The van der Waals surface area contributed by atoms with E-state index in [0.717, 1.165) is 11.6 Å². The molecular weight excluding hydrogens is 399 g/mol. The number of anilines is 2. The highest BCUT2D eigenvalue weighted by molar-refractivity contribution is 6.09. The lowest BCUT2D eigenvalue weighted by Gasteiger charge is -2.15. The highest BCUT2D eigenvalue weighted by Crippen LogP contribution is 2.26. The summed E-state index contributed by atoms with van der Waals surface area (Å²) in [6, 6.07) is 9.11. The molecule has 3 aromatic rings. The van der Waals surface area contributed by atoms with Gasteiger partial charge in [0.05, 0.1) is 22.7 Å². The minimum absolute atomic E-state index is 0. The van der Waals surface area contributed by atoms with Crippen LogP contribution in [0.3, 0.4) is 0 Å². The zero-order valence-electron chi connectivity index (χ0n) is 15.2. The van der Waals surface area contributed by atoms with Crippen LogP contribution in [0.15, 0.2) is 30.3 Å². The van der Waals surface area contributed by atoms with Gasteiger partial charge in [-0.25, -0.2) is 9.18 Å². The van der Waals surface area contributed by atoms with Gasteiger partial charge in [0.15, 0.2) is 5.82 Å². The van der Waals surface area contributed by atoms with Crippen molar-refractivity contribution in [3.8, 4) is 6.07 Å². The number of hydrogen-bond donors (Lipinski definition) is 3. The predicted molar refractivity (Wildman–Crippen MR) is 108 cm³/mol. The van der Waals surface area contributed by atoms with E-state index >= 15 is 0 Å². The second kappa shape index (κ2) is 7.77. The number of fused-ring (bicyclic) bond motifs is 1. The lowest BCUT2D eigenvalue weighted by molar-refractivity contribution is 0.102. The largest absolute Gasteiger partial charge is 0.336 e. The molecule has 3 amide bonds. The molecule has 10 heteroatoms. The topological polar surface area (TPSA) is 114 Å². The Bertz CT molecular complexity index is 1170. The maximum absolute atomic E-state index is 14.3. The number of nitrogens with zero attached hydrogens (tertiary/aromatic N) is 3. The molecular formula is C19H16ClFN6O2. The standard InChI is InChI=1S/C19H15FN6O2.ClH/c1-10-6-14-16(7-11(10)9-21)24-25-17(14)23-18(27)13-8-12(2-3-15(13)20)26-5-4-22-19(26)28;/h2-3,6-8H,4-5H2,1H3,(H,22,28)(H2,23,24,25,27);1H. The lowest BCUT2D eigenvalue weighted by Crippen LogP contribution is -2.28. The predicted octanol–water partition coefficient (Wildman–Crippen LogP) is 3.09. The molecule has 0 unspecified atom stereocenters. The molecule has 2 heterocycles. The molecule has 8 nitrogen and oxygen atoms in total. The van der Waals surface area contributed by atoms with Crippen molar-refractivity contribution in [1.82, 2.24) is 15.5 Å². The molecule has 3 N–H and O–H groups in total. The summed E-state index contributed by atoms with van der Waals surface area (Å²) < 4.78 is 14.3. The van der Waals surface area contributed by atoms with E-state index in [2.05, 4.69) is 26.9 Å². The van der Waals surface area contributed by atoms with Gasteiger partial charge in [-0.05, 0) is 42.8 Å². The third kappa shape index (κ3) is 3.58. The minimum Gasteiger partial charge on any atom is -0.336 e. The molecule has 0 atom stereocenters. The van der Waals surface area contributed by atoms with Crippen LogP contribution in [0.1, 0.15) is 21.5 Å². The molecule has 0 saturated carbocycles. The molecule has 1 saturated heterocycles. The van der Waals surface area contributed by atoms with Gasteiger partial charge in [-0.3, -0.25) is 14.8 Å². The number of rotatable bonds is 3. The minimum atomic E-state index is -0.705. The molecule has 2 aromatic carbocycles. The number of hydrogen-bond acceptors (Lipinski definition) is 4. The molecule has 4 rings (SSSR count). The maximum Gasteiger partial charge on any atom is 0.321 e. The average molecular weight is 415 g/mol. The Labute approximate surface area is 171 Å². The number of carbonyl (C=O) groups is 2. The highest BCUT2D eigenvalue weighted by atomic mass is 35.5. The first-order valence-corrected chi connectivity index (χ1v) is 8.53. The van der Waals surface area contributed by atoms with Crippen molar-refractivity contribution < 1.29 is 14.0 Å². The molecule has 1 aliphatic rings. The van der Waals surface area contributed by atoms with Gasteiger partial charge in [0.1, 0.15) is 5.82 Å². The van der Waals surface area contributed by atoms with Crippen molar-refractivity contribution in [2.24, 2.45) is 0 Å². The quantitative estimate of drug-likeness (QED) is 0.611. The Hall–Kier alpha value is -3.64. The van der Waals surface area contributed by atoms with Crippen molar-refractivity contribution in [1.29, 1.82) is 5.26 Å². The van der Waals surface area contributed by atoms with E-state index in [-0.39, 0.29) is 29.8 Å². The van der Waals surface area contributed by atoms with Gasteiger partial charge >= 0.3 is 6.03 Å². The Balaban J connectivity index is 0.00000240. The zero-order valence-corrected chi connectivity index (χ0v) is 16.1. The third-order valence-electron chi connectivity index (χ3n) is 4.62. The van der Waals surface area contributed by atoms with Crippen molar-refractivity contribution in [3.63, 3.8) is 0 Å². The van der Waals surface area contributed by atoms with Gasteiger partial charge in [-0.15, -0.1) is 12.4 Å². The van der Waals surface area contributed by atoms with Crippen molar-refractivity contribution in [3.05, 3.63) is 52.8 Å². The van der Waals surface area contributed by atoms with E-state index < -0.39 is 11.7 Å². The van der Waals surface area contributed by atoms with Crippen LogP contribution >= 0.6 is 12.4 Å². The summed E-state index contributed by atoms with van der Waals surface area (Å²) in [6.45, 7) is 2.71. The Morgan fingerprint density at radius 2 is 2.14 bits per heavy atom. The monoisotopic (exact) mass is 414 g/mol. The van der Waals surface area contributed by atoms with E-state index in [0.29, 0.717) is 35.2 Å². The maximum atomic E-state index is 14.3.